The first-order valence-electron chi connectivity index (χ1n) is 11.6. The van der Waals surface area contributed by atoms with Gasteiger partial charge in [-0.05, 0) is 131 Å². The molecule has 0 atom stereocenters. The van der Waals surface area contributed by atoms with Crippen molar-refractivity contribution >= 4 is 77.0 Å². The van der Waals surface area contributed by atoms with Crippen molar-refractivity contribution in [3.8, 4) is 0 Å². The van der Waals surface area contributed by atoms with Crippen molar-refractivity contribution in [2.45, 2.75) is 23.6 Å². The van der Waals surface area contributed by atoms with Crippen molar-refractivity contribution in [3.05, 3.63) is 126 Å². The van der Waals surface area contributed by atoms with Gasteiger partial charge in [0.25, 0.3) is 31.9 Å². The Morgan fingerprint density at radius 2 is 0.825 bits per heavy atom. The zero-order chi connectivity index (χ0) is 29.5. The van der Waals surface area contributed by atoms with E-state index in [1.807, 2.05) is 0 Å². The lowest BCUT2D eigenvalue weighted by molar-refractivity contribution is 0.0972. The Kier molecular flexibility index (Phi) is 10.9. The molecule has 0 aliphatic heterocycles. The fraction of sp³-hybridized carbons (Fsp3) is 0.0714. The number of aryl methyl sites for hydroxylation is 2. The fourth-order valence-corrected chi connectivity index (χ4v) is 6.55. The maximum Gasteiger partial charge on any atom is 0.264 e. The quantitative estimate of drug-likeness (QED) is 0.251. The summed E-state index contributed by atoms with van der Waals surface area (Å²) in [5, 5.41) is 0. The smallest absolute Gasteiger partial charge is 0.264 e. The fourth-order valence-electron chi connectivity index (χ4n) is 3.39. The van der Waals surface area contributed by atoms with Crippen LogP contribution >= 0.6 is 45.2 Å². The summed E-state index contributed by atoms with van der Waals surface area (Å²) >= 11 is 4.22. The van der Waals surface area contributed by atoms with Crippen LogP contribution in [0.1, 0.15) is 31.8 Å². The standard InChI is InChI=1S/2C14H12INO3S/c2*1-10-4-2-3-5-13(10)20(18,19)16-14(17)11-6-8-12(15)9-7-11/h2*2-9H,1H3,(H,16,17). The highest BCUT2D eigenvalue weighted by molar-refractivity contribution is 14.1. The van der Waals surface area contributed by atoms with Gasteiger partial charge in [-0.25, -0.2) is 26.3 Å². The summed E-state index contributed by atoms with van der Waals surface area (Å²) < 4.78 is 54.8. The first-order chi connectivity index (χ1) is 18.8. The summed E-state index contributed by atoms with van der Waals surface area (Å²) in [6.45, 7) is 3.37. The van der Waals surface area contributed by atoms with Crippen LogP contribution in [0.5, 0.6) is 0 Å². The Hall–Kier alpha value is -2.82. The third-order valence-electron chi connectivity index (χ3n) is 5.43. The molecule has 4 aromatic carbocycles. The highest BCUT2D eigenvalue weighted by Gasteiger charge is 2.21. The lowest BCUT2D eigenvalue weighted by Gasteiger charge is -2.09. The number of hydrogen-bond donors (Lipinski definition) is 2. The van der Waals surface area contributed by atoms with Crippen LogP contribution < -0.4 is 9.44 Å². The number of sulfonamides is 2. The van der Waals surface area contributed by atoms with E-state index in [4.69, 9.17) is 0 Å². The van der Waals surface area contributed by atoms with Crippen LogP contribution in [0.25, 0.3) is 0 Å². The summed E-state index contributed by atoms with van der Waals surface area (Å²) in [6, 6.07) is 26.4. The highest BCUT2D eigenvalue weighted by atomic mass is 127. The zero-order valence-corrected chi connectivity index (χ0v) is 27.2. The summed E-state index contributed by atoms with van der Waals surface area (Å²) in [4.78, 5) is 24.1. The number of halogens is 2. The average Bonchev–Trinajstić information content (AvgIpc) is 2.89. The van der Waals surface area contributed by atoms with Crippen molar-refractivity contribution in [1.29, 1.82) is 0 Å². The Balaban J connectivity index is 0.000000220. The third kappa shape index (κ3) is 8.59. The van der Waals surface area contributed by atoms with Crippen LogP contribution in [-0.2, 0) is 20.0 Å². The predicted molar refractivity (Wildman–Crippen MR) is 170 cm³/mol. The number of nitrogens with one attached hydrogen (secondary N) is 2. The molecule has 2 N–H and O–H groups in total. The van der Waals surface area contributed by atoms with Crippen molar-refractivity contribution in [2.75, 3.05) is 0 Å². The van der Waals surface area contributed by atoms with E-state index < -0.39 is 31.9 Å². The van der Waals surface area contributed by atoms with Crippen LogP contribution in [0.15, 0.2) is 107 Å². The number of amides is 2. The molecular weight excluding hydrogens is 778 g/mol. The molecule has 0 radical (unpaired) electrons. The number of carbonyl (C=O) groups is 2. The van der Waals surface area contributed by atoms with E-state index in [2.05, 4.69) is 54.6 Å². The van der Waals surface area contributed by atoms with Crippen LogP contribution in [0.3, 0.4) is 0 Å². The molecule has 0 saturated heterocycles. The van der Waals surface area contributed by atoms with E-state index in [0.29, 0.717) is 22.3 Å². The molecule has 208 valence electrons. The number of rotatable bonds is 6. The molecule has 12 heteroatoms. The van der Waals surface area contributed by atoms with Gasteiger partial charge in [0.15, 0.2) is 0 Å². The molecule has 0 spiro atoms. The maximum atomic E-state index is 12.2. The van der Waals surface area contributed by atoms with E-state index in [-0.39, 0.29) is 9.79 Å². The molecule has 0 heterocycles. The molecule has 0 aliphatic rings. The monoisotopic (exact) mass is 802 g/mol. The van der Waals surface area contributed by atoms with E-state index in [1.165, 1.54) is 12.1 Å². The van der Waals surface area contributed by atoms with Crippen LogP contribution in [0, 0.1) is 21.0 Å². The summed E-state index contributed by atoms with van der Waals surface area (Å²) in [7, 11) is -7.70. The molecule has 4 rings (SSSR count). The van der Waals surface area contributed by atoms with Crippen LogP contribution in [0.4, 0.5) is 0 Å². The normalized spacial score (nSPS) is 11.1. The highest BCUT2D eigenvalue weighted by Crippen LogP contribution is 2.16. The minimum atomic E-state index is -3.85. The molecule has 0 unspecified atom stereocenters. The van der Waals surface area contributed by atoms with Crippen LogP contribution in [0.2, 0.25) is 0 Å². The molecular formula is C28H24I2N2O6S2. The topological polar surface area (TPSA) is 126 Å². The van der Waals surface area contributed by atoms with E-state index in [1.54, 1.807) is 98.8 Å². The second-order valence-electron chi connectivity index (χ2n) is 8.41. The Labute approximate surface area is 261 Å². The summed E-state index contributed by atoms with van der Waals surface area (Å²) in [6.07, 6.45) is 0. The van der Waals surface area contributed by atoms with Gasteiger partial charge in [-0.3, -0.25) is 9.59 Å². The Morgan fingerprint density at radius 1 is 0.525 bits per heavy atom. The average molecular weight is 802 g/mol. The van der Waals surface area contributed by atoms with Gasteiger partial charge in [-0.2, -0.15) is 0 Å². The molecule has 0 saturated carbocycles. The van der Waals surface area contributed by atoms with Gasteiger partial charge in [-0.1, -0.05) is 36.4 Å². The van der Waals surface area contributed by atoms with Gasteiger partial charge < -0.3 is 0 Å². The first kappa shape index (κ1) is 31.7. The lowest BCUT2D eigenvalue weighted by Crippen LogP contribution is -2.31. The molecule has 0 aliphatic carbocycles. The molecule has 40 heavy (non-hydrogen) atoms. The molecule has 4 aromatic rings. The molecule has 0 aromatic heterocycles. The molecule has 0 bridgehead atoms. The first-order valence-corrected chi connectivity index (χ1v) is 16.7. The largest absolute Gasteiger partial charge is 0.268 e. The SMILES string of the molecule is Cc1ccccc1S(=O)(=O)NC(=O)c1ccc(I)cc1.Cc1ccccc1S(=O)(=O)NC(=O)c1ccc(I)cc1. The second kappa shape index (κ2) is 13.7. The van der Waals surface area contributed by atoms with E-state index >= 15 is 0 Å². The number of hydrogen-bond acceptors (Lipinski definition) is 6. The molecule has 0 fully saturated rings. The van der Waals surface area contributed by atoms with Gasteiger partial charge in [0.05, 0.1) is 9.79 Å². The van der Waals surface area contributed by atoms with Crippen molar-refractivity contribution in [1.82, 2.24) is 9.44 Å². The predicted octanol–water partition coefficient (Wildman–Crippen LogP) is 5.44. The lowest BCUT2D eigenvalue weighted by atomic mass is 10.2. The molecule has 2 amide bonds. The van der Waals surface area contributed by atoms with Crippen LogP contribution in [-0.4, -0.2) is 28.6 Å². The van der Waals surface area contributed by atoms with Gasteiger partial charge in [0, 0.05) is 18.3 Å². The van der Waals surface area contributed by atoms with Crippen molar-refractivity contribution in [2.24, 2.45) is 0 Å². The van der Waals surface area contributed by atoms with E-state index in [0.717, 1.165) is 7.14 Å². The summed E-state index contributed by atoms with van der Waals surface area (Å²) in [5.74, 6) is -1.27. The van der Waals surface area contributed by atoms with Crippen molar-refractivity contribution in [3.63, 3.8) is 0 Å². The Morgan fingerprint density at radius 3 is 1.12 bits per heavy atom. The van der Waals surface area contributed by atoms with Gasteiger partial charge in [0.1, 0.15) is 0 Å². The maximum absolute atomic E-state index is 12.2. The zero-order valence-electron chi connectivity index (χ0n) is 21.3. The second-order valence-corrected chi connectivity index (χ2v) is 14.2. The van der Waals surface area contributed by atoms with Gasteiger partial charge >= 0.3 is 0 Å². The summed E-state index contributed by atoms with van der Waals surface area (Å²) in [5.41, 5.74) is 1.80. The minimum Gasteiger partial charge on any atom is -0.268 e. The Bertz CT molecular complexity index is 1610. The van der Waals surface area contributed by atoms with Gasteiger partial charge in [-0.15, -0.1) is 0 Å². The third-order valence-corrected chi connectivity index (χ3v) is 9.85. The molecule has 8 nitrogen and oxygen atoms in total. The number of carbonyl (C=O) groups excluding carboxylic acids is 2. The van der Waals surface area contributed by atoms with Gasteiger partial charge in [0.2, 0.25) is 0 Å². The van der Waals surface area contributed by atoms with E-state index in [9.17, 15) is 26.4 Å². The van der Waals surface area contributed by atoms with Crippen molar-refractivity contribution < 1.29 is 26.4 Å². The minimum absolute atomic E-state index is 0.110. The number of benzene rings is 4.